The number of hydrogen-bond donors (Lipinski definition) is 2. The average Bonchev–Trinajstić information content (AvgIpc) is 3.32. The summed E-state index contributed by atoms with van der Waals surface area (Å²) in [5.41, 5.74) is 5.88. The number of rotatable bonds is 8. The fraction of sp³-hybridized carbons (Fsp3) is 0.233. The first-order chi connectivity index (χ1) is 19.2. The smallest absolute Gasteiger partial charge is 0.255 e. The average molecular weight is 639 g/mol. The van der Waals surface area contributed by atoms with Gasteiger partial charge in [-0.1, -0.05) is 70.5 Å². The minimum Gasteiger partial charge on any atom is -0.489 e. The van der Waals surface area contributed by atoms with E-state index in [1.165, 1.54) is 0 Å². The number of thioether (sulfide) groups is 1. The van der Waals surface area contributed by atoms with Crippen LogP contribution in [0, 0.1) is 13.8 Å². The first-order valence-electron chi connectivity index (χ1n) is 12.9. The van der Waals surface area contributed by atoms with Gasteiger partial charge in [-0.15, -0.1) is 5.10 Å². The SMILES string of the molecule is CCSc1nc2n(n1)C(c1cc(Br)ccc1OCc1ccc(Cl)cc1)C(C(=O)Nc1cccc(C)c1C)=C(C)N2. The Kier molecular flexibility index (Phi) is 8.54. The summed E-state index contributed by atoms with van der Waals surface area (Å²) in [5, 5.41) is 12.6. The molecule has 10 heteroatoms. The van der Waals surface area contributed by atoms with Gasteiger partial charge in [0, 0.05) is 26.4 Å². The van der Waals surface area contributed by atoms with Gasteiger partial charge in [-0.05, 0) is 79.6 Å². The maximum absolute atomic E-state index is 14.0. The standard InChI is InChI=1S/C30H29BrClN5O2S/c1-5-40-30-35-29-33-19(4)26(28(38)34-24-8-6-7-17(2)18(24)3)27(37(29)36-30)23-15-21(31)11-14-25(23)39-16-20-9-12-22(32)13-10-20/h6-15,27H,5,16H2,1-4H3,(H,34,38)(H,33,35,36). The van der Waals surface area contributed by atoms with E-state index in [0.29, 0.717) is 39.8 Å². The van der Waals surface area contributed by atoms with E-state index >= 15 is 0 Å². The lowest BCUT2D eigenvalue weighted by atomic mass is 9.94. The third-order valence-corrected chi connectivity index (χ3v) is 8.24. The number of amides is 1. The molecule has 4 aromatic rings. The number of aromatic nitrogens is 3. The van der Waals surface area contributed by atoms with Crippen molar-refractivity contribution in [3.05, 3.63) is 104 Å². The molecular formula is C30H29BrClN5O2S. The number of nitrogens with zero attached hydrogens (tertiary/aromatic N) is 3. The molecule has 0 bridgehead atoms. The molecule has 7 nitrogen and oxygen atoms in total. The second kappa shape index (κ2) is 12.1. The van der Waals surface area contributed by atoms with Crippen LogP contribution in [-0.2, 0) is 11.4 Å². The second-order valence-electron chi connectivity index (χ2n) is 9.46. The molecule has 3 aromatic carbocycles. The van der Waals surface area contributed by atoms with Crippen molar-refractivity contribution in [3.8, 4) is 5.75 Å². The molecule has 0 aliphatic carbocycles. The number of aryl methyl sites for hydroxylation is 1. The maximum Gasteiger partial charge on any atom is 0.255 e. The molecule has 2 heterocycles. The lowest BCUT2D eigenvalue weighted by Gasteiger charge is -2.30. The van der Waals surface area contributed by atoms with Crippen LogP contribution in [-0.4, -0.2) is 26.4 Å². The van der Waals surface area contributed by atoms with E-state index in [1.807, 2.05) is 81.4 Å². The number of anilines is 2. The molecule has 1 aliphatic heterocycles. The molecule has 206 valence electrons. The summed E-state index contributed by atoms with van der Waals surface area (Å²) in [5.74, 6) is 1.82. The zero-order valence-corrected chi connectivity index (χ0v) is 25.7. The number of benzene rings is 3. The van der Waals surface area contributed by atoms with Crippen LogP contribution in [0.15, 0.2) is 81.6 Å². The Balaban J connectivity index is 1.59. The Morgan fingerprint density at radius 2 is 1.93 bits per heavy atom. The van der Waals surface area contributed by atoms with Gasteiger partial charge in [0.2, 0.25) is 11.1 Å². The van der Waals surface area contributed by atoms with Crippen molar-refractivity contribution in [2.24, 2.45) is 0 Å². The molecular weight excluding hydrogens is 610 g/mol. The van der Waals surface area contributed by atoms with Crippen LogP contribution in [0.2, 0.25) is 5.02 Å². The topological polar surface area (TPSA) is 81.1 Å². The number of carbonyl (C=O) groups is 1. The molecule has 0 spiro atoms. The van der Waals surface area contributed by atoms with Gasteiger partial charge in [-0.25, -0.2) is 4.68 Å². The Morgan fingerprint density at radius 1 is 1.15 bits per heavy atom. The highest BCUT2D eigenvalue weighted by Gasteiger charge is 2.36. The summed E-state index contributed by atoms with van der Waals surface area (Å²) < 4.78 is 8.99. The van der Waals surface area contributed by atoms with Gasteiger partial charge < -0.3 is 15.4 Å². The molecule has 0 radical (unpaired) electrons. The monoisotopic (exact) mass is 637 g/mol. The largest absolute Gasteiger partial charge is 0.489 e. The Labute approximate surface area is 251 Å². The van der Waals surface area contributed by atoms with E-state index in [-0.39, 0.29) is 5.91 Å². The number of hydrogen-bond acceptors (Lipinski definition) is 6. The lowest BCUT2D eigenvalue weighted by Crippen LogP contribution is -2.32. The first-order valence-corrected chi connectivity index (χ1v) is 15.0. The van der Waals surface area contributed by atoms with Crippen molar-refractivity contribution in [2.75, 3.05) is 16.4 Å². The molecule has 0 saturated carbocycles. The quantitative estimate of drug-likeness (QED) is 0.191. The van der Waals surface area contributed by atoms with Crippen molar-refractivity contribution in [2.45, 2.75) is 45.5 Å². The fourth-order valence-electron chi connectivity index (χ4n) is 4.59. The van der Waals surface area contributed by atoms with Crippen molar-refractivity contribution in [3.63, 3.8) is 0 Å². The molecule has 0 fully saturated rings. The summed E-state index contributed by atoms with van der Waals surface area (Å²) >= 11 is 11.2. The van der Waals surface area contributed by atoms with Crippen LogP contribution in [0.5, 0.6) is 5.75 Å². The normalized spacial score (nSPS) is 14.5. The van der Waals surface area contributed by atoms with Crippen molar-refractivity contribution < 1.29 is 9.53 Å². The van der Waals surface area contributed by atoms with E-state index in [0.717, 1.165) is 38.2 Å². The molecule has 1 atom stereocenters. The van der Waals surface area contributed by atoms with Crippen molar-refractivity contribution in [1.29, 1.82) is 0 Å². The van der Waals surface area contributed by atoms with Gasteiger partial charge in [0.25, 0.3) is 5.91 Å². The lowest BCUT2D eigenvalue weighted by molar-refractivity contribution is -0.113. The minimum absolute atomic E-state index is 0.224. The molecule has 5 rings (SSSR count). The van der Waals surface area contributed by atoms with E-state index in [9.17, 15) is 4.79 Å². The molecule has 1 unspecified atom stereocenters. The molecule has 1 aromatic heterocycles. The highest BCUT2D eigenvalue weighted by molar-refractivity contribution is 9.10. The molecule has 1 amide bonds. The number of carbonyl (C=O) groups excluding carboxylic acids is 1. The van der Waals surface area contributed by atoms with E-state index < -0.39 is 6.04 Å². The highest BCUT2D eigenvalue weighted by Crippen LogP contribution is 2.41. The molecule has 0 saturated heterocycles. The molecule has 2 N–H and O–H groups in total. The van der Waals surface area contributed by atoms with E-state index in [1.54, 1.807) is 16.4 Å². The molecule has 40 heavy (non-hydrogen) atoms. The first kappa shape index (κ1) is 28.3. The summed E-state index contributed by atoms with van der Waals surface area (Å²) in [4.78, 5) is 18.7. The maximum atomic E-state index is 14.0. The Bertz CT molecular complexity index is 1600. The van der Waals surface area contributed by atoms with Gasteiger partial charge in [-0.3, -0.25) is 4.79 Å². The second-order valence-corrected chi connectivity index (χ2v) is 12.0. The van der Waals surface area contributed by atoms with Gasteiger partial charge in [0.1, 0.15) is 18.4 Å². The predicted molar refractivity (Wildman–Crippen MR) is 165 cm³/mol. The third-order valence-electron chi connectivity index (χ3n) is 6.78. The fourth-order valence-corrected chi connectivity index (χ4v) is 5.65. The number of ether oxygens (including phenoxy) is 1. The highest BCUT2D eigenvalue weighted by atomic mass is 79.9. The predicted octanol–water partition coefficient (Wildman–Crippen LogP) is 7.93. The zero-order valence-electron chi connectivity index (χ0n) is 22.6. The van der Waals surface area contributed by atoms with E-state index in [4.69, 9.17) is 26.4 Å². The van der Waals surface area contributed by atoms with Gasteiger partial charge in [0.05, 0.1) is 5.57 Å². The van der Waals surface area contributed by atoms with Crippen LogP contribution in [0.25, 0.3) is 0 Å². The number of allylic oxidation sites excluding steroid dienone is 1. The van der Waals surface area contributed by atoms with Gasteiger partial charge >= 0.3 is 0 Å². The van der Waals surface area contributed by atoms with Gasteiger partial charge in [-0.2, -0.15) is 4.98 Å². The zero-order chi connectivity index (χ0) is 28.4. The van der Waals surface area contributed by atoms with Crippen molar-refractivity contribution in [1.82, 2.24) is 14.8 Å². The summed E-state index contributed by atoms with van der Waals surface area (Å²) in [6, 6.07) is 18.7. The summed E-state index contributed by atoms with van der Waals surface area (Å²) in [6.45, 7) is 8.32. The van der Waals surface area contributed by atoms with E-state index in [2.05, 4.69) is 33.5 Å². The van der Waals surface area contributed by atoms with Gasteiger partial charge in [0.15, 0.2) is 0 Å². The van der Waals surface area contributed by atoms with Crippen LogP contribution in [0.1, 0.15) is 42.1 Å². The van der Waals surface area contributed by atoms with Crippen molar-refractivity contribution >= 4 is 56.8 Å². The Morgan fingerprint density at radius 3 is 2.67 bits per heavy atom. The third kappa shape index (κ3) is 5.92. The summed E-state index contributed by atoms with van der Waals surface area (Å²) in [6.07, 6.45) is 0. The Hall–Kier alpha value is -3.27. The number of fused-ring (bicyclic) bond motifs is 1. The van der Waals surface area contributed by atoms with Crippen LogP contribution < -0.4 is 15.4 Å². The van der Waals surface area contributed by atoms with Crippen LogP contribution in [0.3, 0.4) is 0 Å². The number of halogens is 2. The minimum atomic E-state index is -0.585. The van der Waals surface area contributed by atoms with Crippen LogP contribution >= 0.6 is 39.3 Å². The summed E-state index contributed by atoms with van der Waals surface area (Å²) in [7, 11) is 0. The molecule has 1 aliphatic rings. The number of nitrogens with one attached hydrogen (secondary N) is 2. The van der Waals surface area contributed by atoms with Crippen LogP contribution in [0.4, 0.5) is 11.6 Å².